The Morgan fingerprint density at radius 2 is 2.31 bits per heavy atom. The second kappa shape index (κ2) is 3.92. The third-order valence-corrected chi connectivity index (χ3v) is 2.47. The Balaban J connectivity index is 2.20. The minimum Gasteiger partial charge on any atom is -0.492 e. The molecule has 2 aliphatic rings. The zero-order chi connectivity index (χ0) is 11.7. The molecule has 7 heteroatoms. The van der Waals surface area contributed by atoms with E-state index in [1.54, 1.807) is 0 Å². The van der Waals surface area contributed by atoms with Crippen molar-refractivity contribution >= 4 is 12.1 Å². The quantitative estimate of drug-likeness (QED) is 0.529. The van der Waals surface area contributed by atoms with Gasteiger partial charge in [-0.15, -0.1) is 0 Å². The lowest BCUT2D eigenvalue weighted by Gasteiger charge is -2.20. The van der Waals surface area contributed by atoms with E-state index >= 15 is 0 Å². The minimum absolute atomic E-state index is 0.0498. The molecule has 1 aliphatic carbocycles. The normalized spacial score (nSPS) is 28.4. The summed E-state index contributed by atoms with van der Waals surface area (Å²) < 4.78 is 5.40. The first-order valence-corrected chi connectivity index (χ1v) is 4.92. The number of nitro groups is 1. The van der Waals surface area contributed by atoms with Crippen molar-refractivity contribution in [3.8, 4) is 0 Å². The maximum absolute atomic E-state index is 11.2. The van der Waals surface area contributed by atoms with Crippen LogP contribution < -0.4 is 5.73 Å². The van der Waals surface area contributed by atoms with E-state index < -0.39 is 22.8 Å². The summed E-state index contributed by atoms with van der Waals surface area (Å²) in [7, 11) is 0. The van der Waals surface area contributed by atoms with Crippen LogP contribution in [-0.2, 0) is 9.53 Å². The number of hydrogen-bond acceptors (Lipinski definition) is 5. The Hall–Kier alpha value is -1.92. The van der Waals surface area contributed by atoms with Gasteiger partial charge in [0, 0.05) is 4.92 Å². The van der Waals surface area contributed by atoms with Crippen molar-refractivity contribution in [2.24, 2.45) is 16.6 Å². The van der Waals surface area contributed by atoms with E-state index in [9.17, 15) is 14.9 Å². The first-order valence-electron chi connectivity index (χ1n) is 4.92. The van der Waals surface area contributed by atoms with E-state index in [4.69, 9.17) is 10.5 Å². The molecule has 0 aromatic carbocycles. The Morgan fingerprint density at radius 1 is 1.62 bits per heavy atom. The Labute approximate surface area is 91.1 Å². The highest BCUT2D eigenvalue weighted by molar-refractivity contribution is 5.85. The number of aliphatic imine (C=N–C) groups is 1. The van der Waals surface area contributed by atoms with Gasteiger partial charge in [-0.3, -0.25) is 19.9 Å². The lowest BCUT2D eigenvalue weighted by atomic mass is 9.97. The highest BCUT2D eigenvalue weighted by Crippen LogP contribution is 2.31. The van der Waals surface area contributed by atoms with Crippen LogP contribution in [0.15, 0.2) is 17.0 Å². The highest BCUT2D eigenvalue weighted by Gasteiger charge is 2.42. The molecule has 1 saturated carbocycles. The number of nitrogens with zero attached hydrogens (tertiary/aromatic N) is 2. The molecular formula is C9H11N3O4. The van der Waals surface area contributed by atoms with E-state index in [1.165, 1.54) is 6.20 Å². The van der Waals surface area contributed by atoms with Crippen LogP contribution in [-0.4, -0.2) is 29.2 Å². The lowest BCUT2D eigenvalue weighted by Crippen LogP contribution is -2.42. The third kappa shape index (κ3) is 2.02. The highest BCUT2D eigenvalue weighted by atomic mass is 16.6. The van der Waals surface area contributed by atoms with Crippen molar-refractivity contribution in [2.75, 3.05) is 0 Å². The predicted octanol–water partition coefficient (Wildman–Crippen LogP) is -0.162. The van der Waals surface area contributed by atoms with Crippen LogP contribution in [0.5, 0.6) is 0 Å². The van der Waals surface area contributed by atoms with Gasteiger partial charge in [-0.05, 0) is 12.8 Å². The summed E-state index contributed by atoms with van der Waals surface area (Å²) in [5.74, 6) is -1.60. The summed E-state index contributed by atoms with van der Waals surface area (Å²) in [5.41, 5.74) is 5.16. The molecule has 86 valence electrons. The van der Waals surface area contributed by atoms with Crippen molar-refractivity contribution in [3.05, 3.63) is 22.1 Å². The van der Waals surface area contributed by atoms with Crippen molar-refractivity contribution in [1.82, 2.24) is 0 Å². The summed E-state index contributed by atoms with van der Waals surface area (Å²) in [6.07, 6.45) is 4.28. The first kappa shape index (κ1) is 10.6. The molecule has 0 aromatic heterocycles. The molecule has 1 aliphatic heterocycles. The van der Waals surface area contributed by atoms with Crippen molar-refractivity contribution in [2.45, 2.75) is 25.0 Å². The third-order valence-electron chi connectivity index (χ3n) is 2.47. The van der Waals surface area contributed by atoms with E-state index in [1.807, 2.05) is 0 Å². The van der Waals surface area contributed by atoms with Gasteiger partial charge in [-0.25, -0.2) is 0 Å². The summed E-state index contributed by atoms with van der Waals surface area (Å²) in [4.78, 5) is 25.1. The maximum atomic E-state index is 11.2. The average molecular weight is 225 g/mol. The molecule has 1 heterocycles. The van der Waals surface area contributed by atoms with Crippen LogP contribution in [0.4, 0.5) is 0 Å². The average Bonchev–Trinajstić information content (AvgIpc) is 3.00. The molecule has 7 nitrogen and oxygen atoms in total. The van der Waals surface area contributed by atoms with Crippen LogP contribution in [0.1, 0.15) is 12.8 Å². The summed E-state index contributed by atoms with van der Waals surface area (Å²) in [6.45, 7) is 0. The molecule has 2 rings (SSSR count). The van der Waals surface area contributed by atoms with Gasteiger partial charge in [-0.2, -0.15) is 0 Å². The van der Waals surface area contributed by atoms with Gasteiger partial charge in [0.05, 0.1) is 18.5 Å². The number of amides is 1. The predicted molar refractivity (Wildman–Crippen MR) is 54.1 cm³/mol. The lowest BCUT2D eigenvalue weighted by molar-refractivity contribution is -0.507. The van der Waals surface area contributed by atoms with Gasteiger partial charge >= 0.3 is 0 Å². The number of carbonyl (C=O) groups excluding carboxylic acids is 1. The summed E-state index contributed by atoms with van der Waals surface area (Å²) >= 11 is 0. The SMILES string of the molecule is NC(=O)C1C(OC2CC2)=CN=CC1[N+](=O)[O-]. The van der Waals surface area contributed by atoms with Crippen molar-refractivity contribution in [1.29, 1.82) is 0 Å². The van der Waals surface area contributed by atoms with Gasteiger partial charge in [0.1, 0.15) is 5.76 Å². The molecule has 2 unspecified atom stereocenters. The van der Waals surface area contributed by atoms with Crippen LogP contribution in [0.25, 0.3) is 0 Å². The zero-order valence-electron chi connectivity index (χ0n) is 8.41. The second-order valence-corrected chi connectivity index (χ2v) is 3.80. The minimum atomic E-state index is -1.23. The fraction of sp³-hybridized carbons (Fsp3) is 0.556. The molecular weight excluding hydrogens is 214 g/mol. The number of primary amides is 1. The Morgan fingerprint density at radius 3 is 2.81 bits per heavy atom. The fourth-order valence-electron chi connectivity index (χ4n) is 1.51. The van der Waals surface area contributed by atoms with Crippen molar-refractivity contribution < 1.29 is 14.5 Å². The fourth-order valence-corrected chi connectivity index (χ4v) is 1.51. The molecule has 1 amide bonds. The Bertz CT molecular complexity index is 386. The van der Waals surface area contributed by atoms with Crippen LogP contribution in [0.2, 0.25) is 0 Å². The van der Waals surface area contributed by atoms with Gasteiger partial charge in [0.15, 0.2) is 5.92 Å². The number of nitrogens with two attached hydrogens (primary N) is 1. The molecule has 2 N–H and O–H groups in total. The number of rotatable bonds is 4. The number of hydrogen-bond donors (Lipinski definition) is 1. The van der Waals surface area contributed by atoms with E-state index in [0.29, 0.717) is 0 Å². The molecule has 16 heavy (non-hydrogen) atoms. The maximum Gasteiger partial charge on any atom is 0.266 e. The van der Waals surface area contributed by atoms with Crippen LogP contribution >= 0.6 is 0 Å². The monoisotopic (exact) mass is 225 g/mol. The second-order valence-electron chi connectivity index (χ2n) is 3.80. The van der Waals surface area contributed by atoms with E-state index in [-0.39, 0.29) is 11.9 Å². The van der Waals surface area contributed by atoms with Gasteiger partial charge < -0.3 is 10.5 Å². The van der Waals surface area contributed by atoms with Gasteiger partial charge in [0.2, 0.25) is 5.91 Å². The number of ether oxygens (including phenoxy) is 1. The summed E-state index contributed by atoms with van der Waals surface area (Å²) in [5, 5.41) is 10.7. The first-order chi connectivity index (χ1) is 7.59. The molecule has 2 atom stereocenters. The molecule has 0 spiro atoms. The topological polar surface area (TPSA) is 108 Å². The van der Waals surface area contributed by atoms with Crippen LogP contribution in [0, 0.1) is 16.0 Å². The summed E-state index contributed by atoms with van der Waals surface area (Å²) in [6, 6.07) is -1.23. The zero-order valence-corrected chi connectivity index (χ0v) is 8.41. The molecule has 0 bridgehead atoms. The standard InChI is InChI=1S/C9H11N3O4/c10-9(13)8-6(12(14)15)3-11-4-7(8)16-5-1-2-5/h3-6,8H,1-2H2,(H2,10,13). The molecule has 1 fully saturated rings. The number of carbonyl (C=O) groups is 1. The van der Waals surface area contributed by atoms with E-state index in [2.05, 4.69) is 4.99 Å². The Kier molecular flexibility index (Phi) is 2.59. The molecule has 0 aromatic rings. The van der Waals surface area contributed by atoms with Crippen LogP contribution in [0.3, 0.4) is 0 Å². The molecule has 0 radical (unpaired) electrons. The van der Waals surface area contributed by atoms with E-state index in [0.717, 1.165) is 19.1 Å². The van der Waals surface area contributed by atoms with Crippen molar-refractivity contribution in [3.63, 3.8) is 0 Å². The van der Waals surface area contributed by atoms with Gasteiger partial charge in [-0.1, -0.05) is 0 Å². The van der Waals surface area contributed by atoms with Gasteiger partial charge in [0.25, 0.3) is 6.04 Å². The largest absolute Gasteiger partial charge is 0.492 e. The molecule has 0 saturated heterocycles. The smallest absolute Gasteiger partial charge is 0.266 e.